The SMILES string of the molecule is CCCCC(=O)c1cc(-c2ccccc2)c2ccc(O)cc2c1. The van der Waals surface area contributed by atoms with Gasteiger partial charge in [0, 0.05) is 12.0 Å². The molecule has 0 aliphatic carbocycles. The number of benzene rings is 3. The van der Waals surface area contributed by atoms with Gasteiger partial charge in [0.15, 0.2) is 5.78 Å². The van der Waals surface area contributed by atoms with Gasteiger partial charge in [0.05, 0.1) is 0 Å². The maximum Gasteiger partial charge on any atom is 0.162 e. The fourth-order valence-corrected chi connectivity index (χ4v) is 2.86. The molecule has 3 rings (SSSR count). The molecule has 0 amide bonds. The fraction of sp³-hybridized carbons (Fsp3) is 0.190. The van der Waals surface area contributed by atoms with E-state index in [1.54, 1.807) is 12.1 Å². The molecule has 0 aromatic heterocycles. The molecule has 0 heterocycles. The smallest absolute Gasteiger partial charge is 0.162 e. The lowest BCUT2D eigenvalue weighted by atomic mass is 9.93. The monoisotopic (exact) mass is 304 g/mol. The van der Waals surface area contributed by atoms with Crippen molar-refractivity contribution >= 4 is 16.6 Å². The maximum absolute atomic E-state index is 12.5. The summed E-state index contributed by atoms with van der Waals surface area (Å²) in [7, 11) is 0. The van der Waals surface area contributed by atoms with Gasteiger partial charge >= 0.3 is 0 Å². The van der Waals surface area contributed by atoms with Crippen molar-refractivity contribution in [2.75, 3.05) is 0 Å². The van der Waals surface area contributed by atoms with E-state index in [1.165, 1.54) is 0 Å². The molecular formula is C21H20O2. The number of phenolic OH excluding ortho intramolecular Hbond substituents is 1. The molecule has 0 spiro atoms. The number of hydrogen-bond donors (Lipinski definition) is 1. The second kappa shape index (κ2) is 6.66. The van der Waals surface area contributed by atoms with E-state index in [0.29, 0.717) is 6.42 Å². The van der Waals surface area contributed by atoms with Crippen molar-refractivity contribution < 1.29 is 9.90 Å². The molecule has 1 N–H and O–H groups in total. The number of rotatable bonds is 5. The minimum atomic E-state index is 0.161. The van der Waals surface area contributed by atoms with Crippen molar-refractivity contribution in [2.45, 2.75) is 26.2 Å². The molecule has 0 fully saturated rings. The van der Waals surface area contributed by atoms with E-state index < -0.39 is 0 Å². The zero-order valence-corrected chi connectivity index (χ0v) is 13.3. The van der Waals surface area contributed by atoms with Gasteiger partial charge in [-0.3, -0.25) is 4.79 Å². The van der Waals surface area contributed by atoms with Crippen molar-refractivity contribution in [3.63, 3.8) is 0 Å². The lowest BCUT2D eigenvalue weighted by Gasteiger charge is -2.11. The second-order valence-corrected chi connectivity index (χ2v) is 5.82. The molecule has 116 valence electrons. The fourth-order valence-electron chi connectivity index (χ4n) is 2.86. The van der Waals surface area contributed by atoms with E-state index >= 15 is 0 Å². The first-order valence-corrected chi connectivity index (χ1v) is 8.04. The highest BCUT2D eigenvalue weighted by molar-refractivity contribution is 6.05. The summed E-state index contributed by atoms with van der Waals surface area (Å²) in [4.78, 5) is 12.5. The minimum Gasteiger partial charge on any atom is -0.508 e. The van der Waals surface area contributed by atoms with Crippen LogP contribution in [-0.4, -0.2) is 10.9 Å². The highest BCUT2D eigenvalue weighted by Crippen LogP contribution is 2.32. The summed E-state index contributed by atoms with van der Waals surface area (Å²) in [5.41, 5.74) is 2.83. The minimum absolute atomic E-state index is 0.161. The van der Waals surface area contributed by atoms with Crippen LogP contribution in [0.5, 0.6) is 5.75 Å². The molecule has 0 atom stereocenters. The summed E-state index contributed by atoms with van der Waals surface area (Å²) in [6.07, 6.45) is 2.47. The maximum atomic E-state index is 12.5. The van der Waals surface area contributed by atoms with Crippen LogP contribution in [0.4, 0.5) is 0 Å². The number of carbonyl (C=O) groups is 1. The molecule has 0 aliphatic rings. The third kappa shape index (κ3) is 3.26. The normalized spacial score (nSPS) is 10.8. The molecular weight excluding hydrogens is 284 g/mol. The molecule has 0 saturated carbocycles. The van der Waals surface area contributed by atoms with Crippen LogP contribution < -0.4 is 0 Å². The Labute approximate surface area is 136 Å². The predicted molar refractivity (Wildman–Crippen MR) is 94.9 cm³/mol. The van der Waals surface area contributed by atoms with E-state index in [2.05, 4.69) is 6.92 Å². The van der Waals surface area contributed by atoms with Crippen LogP contribution in [0.1, 0.15) is 36.5 Å². The van der Waals surface area contributed by atoms with E-state index in [0.717, 1.165) is 40.3 Å². The Morgan fingerprint density at radius 3 is 2.52 bits per heavy atom. The van der Waals surface area contributed by atoms with E-state index in [-0.39, 0.29) is 11.5 Å². The molecule has 3 aromatic rings. The number of aromatic hydroxyl groups is 1. The third-order valence-electron chi connectivity index (χ3n) is 4.10. The number of fused-ring (bicyclic) bond motifs is 1. The van der Waals surface area contributed by atoms with Gasteiger partial charge < -0.3 is 5.11 Å². The summed E-state index contributed by atoms with van der Waals surface area (Å²) in [6.45, 7) is 2.08. The second-order valence-electron chi connectivity index (χ2n) is 5.82. The van der Waals surface area contributed by atoms with Crippen LogP contribution in [0.25, 0.3) is 21.9 Å². The van der Waals surface area contributed by atoms with Crippen molar-refractivity contribution in [1.82, 2.24) is 0 Å². The van der Waals surface area contributed by atoms with Gasteiger partial charge in [-0.15, -0.1) is 0 Å². The van der Waals surface area contributed by atoms with Crippen LogP contribution in [0.3, 0.4) is 0 Å². The molecule has 0 saturated heterocycles. The van der Waals surface area contributed by atoms with Crippen molar-refractivity contribution in [2.24, 2.45) is 0 Å². The highest BCUT2D eigenvalue weighted by atomic mass is 16.3. The van der Waals surface area contributed by atoms with Gasteiger partial charge in [0.25, 0.3) is 0 Å². The molecule has 0 unspecified atom stereocenters. The van der Waals surface area contributed by atoms with Crippen LogP contribution in [-0.2, 0) is 0 Å². The first-order valence-electron chi connectivity index (χ1n) is 8.04. The van der Waals surface area contributed by atoms with E-state index in [9.17, 15) is 9.90 Å². The summed E-state index contributed by atoms with van der Waals surface area (Å²) in [5, 5.41) is 11.7. The Balaban J connectivity index is 2.18. The molecule has 23 heavy (non-hydrogen) atoms. The zero-order chi connectivity index (χ0) is 16.2. The van der Waals surface area contributed by atoms with Gasteiger partial charge in [-0.2, -0.15) is 0 Å². The number of phenols is 1. The predicted octanol–water partition coefficient (Wildman–Crippen LogP) is 5.59. The summed E-state index contributed by atoms with van der Waals surface area (Å²) in [6, 6.07) is 19.2. The standard InChI is InChI=1S/C21H20O2/c1-2-3-9-21(23)17-12-16-13-18(22)10-11-19(16)20(14-17)15-7-5-4-6-8-15/h4-8,10-14,22H,2-3,9H2,1H3. The Kier molecular flexibility index (Phi) is 4.42. The Bertz CT molecular complexity index is 835. The van der Waals surface area contributed by atoms with E-state index in [1.807, 2.05) is 48.5 Å². The van der Waals surface area contributed by atoms with Crippen LogP contribution in [0, 0.1) is 0 Å². The topological polar surface area (TPSA) is 37.3 Å². The molecule has 0 aliphatic heterocycles. The number of hydrogen-bond acceptors (Lipinski definition) is 2. The number of carbonyl (C=O) groups excluding carboxylic acids is 1. The van der Waals surface area contributed by atoms with Gasteiger partial charge in [-0.1, -0.05) is 49.7 Å². The van der Waals surface area contributed by atoms with Gasteiger partial charge in [-0.05, 0) is 52.6 Å². The highest BCUT2D eigenvalue weighted by Gasteiger charge is 2.12. The molecule has 2 heteroatoms. The molecule has 3 aromatic carbocycles. The van der Waals surface area contributed by atoms with Crippen molar-refractivity contribution in [3.8, 4) is 16.9 Å². The van der Waals surface area contributed by atoms with Crippen molar-refractivity contribution in [1.29, 1.82) is 0 Å². The lowest BCUT2D eigenvalue weighted by molar-refractivity contribution is 0.0980. The average molecular weight is 304 g/mol. The molecule has 0 radical (unpaired) electrons. The first-order chi connectivity index (χ1) is 11.2. The van der Waals surface area contributed by atoms with Crippen LogP contribution >= 0.6 is 0 Å². The number of ketones is 1. The Hall–Kier alpha value is -2.61. The third-order valence-corrected chi connectivity index (χ3v) is 4.10. The average Bonchev–Trinajstić information content (AvgIpc) is 2.59. The largest absolute Gasteiger partial charge is 0.508 e. The molecule has 2 nitrogen and oxygen atoms in total. The van der Waals surface area contributed by atoms with Gasteiger partial charge in [0.1, 0.15) is 5.75 Å². The lowest BCUT2D eigenvalue weighted by Crippen LogP contribution is -1.99. The summed E-state index contributed by atoms with van der Waals surface area (Å²) in [5.74, 6) is 0.379. The van der Waals surface area contributed by atoms with Crippen LogP contribution in [0.2, 0.25) is 0 Å². The van der Waals surface area contributed by atoms with Gasteiger partial charge in [-0.25, -0.2) is 0 Å². The van der Waals surface area contributed by atoms with Crippen molar-refractivity contribution in [3.05, 3.63) is 66.2 Å². The first kappa shape index (κ1) is 15.3. The van der Waals surface area contributed by atoms with Crippen LogP contribution in [0.15, 0.2) is 60.7 Å². The number of Topliss-reactive ketones (excluding diaryl/α,β-unsaturated/α-hetero) is 1. The molecule has 0 bridgehead atoms. The quantitative estimate of drug-likeness (QED) is 0.624. The summed E-state index contributed by atoms with van der Waals surface area (Å²) >= 11 is 0. The Morgan fingerprint density at radius 2 is 1.78 bits per heavy atom. The Morgan fingerprint density at radius 1 is 1.00 bits per heavy atom. The van der Waals surface area contributed by atoms with E-state index in [4.69, 9.17) is 0 Å². The zero-order valence-electron chi connectivity index (χ0n) is 13.3. The summed E-state index contributed by atoms with van der Waals surface area (Å²) < 4.78 is 0. The van der Waals surface area contributed by atoms with Gasteiger partial charge in [0.2, 0.25) is 0 Å². The number of unbranched alkanes of at least 4 members (excludes halogenated alkanes) is 1.